The summed E-state index contributed by atoms with van der Waals surface area (Å²) in [6, 6.07) is 3.27. The number of sulfonamides is 1. The third kappa shape index (κ3) is 2.20. The van der Waals surface area contributed by atoms with Gasteiger partial charge in [0.1, 0.15) is 4.90 Å². The van der Waals surface area contributed by atoms with Gasteiger partial charge in [-0.1, -0.05) is 11.1 Å². The second kappa shape index (κ2) is 4.48. The van der Waals surface area contributed by atoms with Crippen LogP contribution < -0.4 is 0 Å². The lowest BCUT2D eigenvalue weighted by Crippen LogP contribution is -2.36. The fraction of sp³-hybridized carbons (Fsp3) is 0.462. The van der Waals surface area contributed by atoms with Crippen molar-refractivity contribution < 1.29 is 8.42 Å². The summed E-state index contributed by atoms with van der Waals surface area (Å²) in [5, 5.41) is 0. The number of piperidine rings is 1. The van der Waals surface area contributed by atoms with Crippen molar-refractivity contribution in [2.24, 2.45) is 0 Å². The monoisotopic (exact) mass is 264 g/mol. The van der Waals surface area contributed by atoms with Crippen LogP contribution in [0.25, 0.3) is 0 Å². The van der Waals surface area contributed by atoms with Crippen LogP contribution in [0.3, 0.4) is 0 Å². The summed E-state index contributed by atoms with van der Waals surface area (Å²) < 4.78 is 26.3. The normalized spacial score (nSPS) is 21.1. The molecule has 0 unspecified atom stereocenters. The van der Waals surface area contributed by atoms with E-state index in [9.17, 15) is 8.42 Å². The highest BCUT2D eigenvalue weighted by Crippen LogP contribution is 2.36. The molecule has 1 aliphatic heterocycles. The highest BCUT2D eigenvalue weighted by molar-refractivity contribution is 7.89. The Bertz CT molecular complexity index is 562. The third-order valence-electron chi connectivity index (χ3n) is 3.60. The van der Waals surface area contributed by atoms with Gasteiger partial charge in [-0.3, -0.25) is 4.98 Å². The van der Waals surface area contributed by atoms with Crippen LogP contribution in [-0.2, 0) is 10.0 Å². The highest BCUT2D eigenvalue weighted by Gasteiger charge is 2.29. The number of pyridine rings is 1. The van der Waals surface area contributed by atoms with Gasteiger partial charge in [-0.2, -0.15) is 4.31 Å². The molecule has 5 heteroatoms. The van der Waals surface area contributed by atoms with Crippen LogP contribution in [0.5, 0.6) is 0 Å². The Hall–Kier alpha value is -1.20. The molecule has 2 fully saturated rings. The lowest BCUT2D eigenvalue weighted by Gasteiger charge is -2.27. The van der Waals surface area contributed by atoms with Crippen LogP contribution in [0.1, 0.15) is 25.7 Å². The van der Waals surface area contributed by atoms with Crippen molar-refractivity contribution in [3.05, 3.63) is 35.7 Å². The zero-order valence-electron chi connectivity index (χ0n) is 10.2. The minimum atomic E-state index is -3.34. The van der Waals surface area contributed by atoms with E-state index in [2.05, 4.69) is 4.98 Å². The summed E-state index contributed by atoms with van der Waals surface area (Å²) >= 11 is 0. The van der Waals surface area contributed by atoms with Gasteiger partial charge in [0, 0.05) is 25.5 Å². The smallest absolute Gasteiger partial charge is 0.244 e. The Labute approximate surface area is 107 Å². The van der Waals surface area contributed by atoms with Crippen LogP contribution >= 0.6 is 0 Å². The molecule has 1 saturated heterocycles. The van der Waals surface area contributed by atoms with Gasteiger partial charge in [0.15, 0.2) is 0 Å². The Morgan fingerprint density at radius 3 is 2.28 bits per heavy atom. The van der Waals surface area contributed by atoms with E-state index in [4.69, 9.17) is 0 Å². The van der Waals surface area contributed by atoms with Crippen molar-refractivity contribution in [2.75, 3.05) is 13.1 Å². The number of hydrogen-bond donors (Lipinski definition) is 0. The van der Waals surface area contributed by atoms with Crippen LogP contribution in [0.15, 0.2) is 40.6 Å². The van der Waals surface area contributed by atoms with Gasteiger partial charge in [0.2, 0.25) is 10.0 Å². The molecular formula is C13H16N2O2S. The zero-order chi connectivity index (χ0) is 12.6. The number of hydrogen-bond acceptors (Lipinski definition) is 3. The maximum Gasteiger partial charge on any atom is 0.244 e. The molecule has 0 bridgehead atoms. The van der Waals surface area contributed by atoms with Crippen molar-refractivity contribution in [3.63, 3.8) is 0 Å². The van der Waals surface area contributed by atoms with E-state index in [1.54, 1.807) is 28.2 Å². The van der Waals surface area contributed by atoms with Crippen molar-refractivity contribution in [1.82, 2.24) is 9.29 Å². The summed E-state index contributed by atoms with van der Waals surface area (Å²) in [6.45, 7) is 1.21. The molecule has 1 aromatic heterocycles. The lowest BCUT2D eigenvalue weighted by molar-refractivity contribution is 0.386. The minimum Gasteiger partial charge on any atom is -0.263 e. The van der Waals surface area contributed by atoms with Gasteiger partial charge < -0.3 is 0 Å². The summed E-state index contributed by atoms with van der Waals surface area (Å²) in [7, 11) is -3.34. The molecule has 0 spiro atoms. The molecule has 1 saturated carbocycles. The lowest BCUT2D eigenvalue weighted by atomic mass is 10.1. The molecule has 1 aliphatic carbocycles. The third-order valence-corrected chi connectivity index (χ3v) is 5.48. The van der Waals surface area contributed by atoms with Gasteiger partial charge in [0.25, 0.3) is 0 Å². The van der Waals surface area contributed by atoms with E-state index in [-0.39, 0.29) is 0 Å². The van der Waals surface area contributed by atoms with E-state index < -0.39 is 10.0 Å². The van der Waals surface area contributed by atoms with Gasteiger partial charge in [0.05, 0.1) is 0 Å². The number of allylic oxidation sites excluding steroid dienone is 1. The molecule has 96 valence electrons. The largest absolute Gasteiger partial charge is 0.263 e. The molecule has 0 radical (unpaired) electrons. The molecule has 0 amide bonds. The van der Waals surface area contributed by atoms with E-state index in [1.165, 1.54) is 24.6 Å². The second-order valence-corrected chi connectivity index (χ2v) is 6.74. The first-order chi connectivity index (χ1) is 8.68. The van der Waals surface area contributed by atoms with Gasteiger partial charge in [-0.15, -0.1) is 0 Å². The van der Waals surface area contributed by atoms with Crippen LogP contribution in [0.2, 0.25) is 0 Å². The molecular weight excluding hydrogens is 248 g/mol. The van der Waals surface area contributed by atoms with E-state index >= 15 is 0 Å². The Balaban J connectivity index is 1.78. The number of aromatic nitrogens is 1. The maximum atomic E-state index is 12.3. The molecule has 4 nitrogen and oxygen atoms in total. The first-order valence-electron chi connectivity index (χ1n) is 6.28. The van der Waals surface area contributed by atoms with Crippen molar-refractivity contribution >= 4 is 10.0 Å². The Morgan fingerprint density at radius 1 is 1.06 bits per heavy atom. The minimum absolute atomic E-state index is 0.299. The fourth-order valence-electron chi connectivity index (χ4n) is 2.41. The predicted octanol–water partition coefficient (Wildman–Crippen LogP) is 1.96. The Kier molecular flexibility index (Phi) is 2.95. The van der Waals surface area contributed by atoms with E-state index in [1.807, 2.05) is 0 Å². The highest BCUT2D eigenvalue weighted by atomic mass is 32.2. The number of nitrogens with zero attached hydrogens (tertiary/aromatic N) is 2. The van der Waals surface area contributed by atoms with Gasteiger partial charge in [-0.05, 0) is 37.8 Å². The van der Waals surface area contributed by atoms with Crippen LogP contribution in [0, 0.1) is 0 Å². The van der Waals surface area contributed by atoms with Crippen molar-refractivity contribution in [2.45, 2.75) is 30.6 Å². The van der Waals surface area contributed by atoms with E-state index in [0.717, 1.165) is 12.8 Å². The van der Waals surface area contributed by atoms with Gasteiger partial charge in [-0.25, -0.2) is 8.42 Å². The molecule has 2 aliphatic rings. The predicted molar refractivity (Wildman–Crippen MR) is 68.5 cm³/mol. The topological polar surface area (TPSA) is 50.3 Å². The molecule has 2 heterocycles. The van der Waals surface area contributed by atoms with E-state index in [0.29, 0.717) is 18.0 Å². The average Bonchev–Trinajstić information content (AvgIpc) is 3.24. The molecule has 1 aromatic rings. The maximum absolute atomic E-state index is 12.3. The molecule has 0 aromatic carbocycles. The molecule has 3 rings (SSSR count). The van der Waals surface area contributed by atoms with Crippen LogP contribution in [-0.4, -0.2) is 30.8 Å². The van der Waals surface area contributed by atoms with Gasteiger partial charge >= 0.3 is 0 Å². The van der Waals surface area contributed by atoms with Crippen molar-refractivity contribution in [1.29, 1.82) is 0 Å². The summed E-state index contributed by atoms with van der Waals surface area (Å²) in [4.78, 5) is 4.18. The average molecular weight is 264 g/mol. The SMILES string of the molecule is O=S(=O)(c1cccnc1)N1CCC(=C2CC2)CC1. The molecule has 18 heavy (non-hydrogen) atoms. The van der Waals surface area contributed by atoms with Crippen LogP contribution in [0.4, 0.5) is 0 Å². The zero-order valence-corrected chi connectivity index (χ0v) is 11.0. The summed E-state index contributed by atoms with van der Waals surface area (Å²) in [5.41, 5.74) is 3.06. The Morgan fingerprint density at radius 2 is 1.72 bits per heavy atom. The number of rotatable bonds is 2. The standard InChI is InChI=1S/C13H16N2O2S/c16-18(17,13-2-1-7-14-10-13)15-8-5-12(6-9-15)11-3-4-11/h1-2,7,10H,3-6,8-9H2. The van der Waals surface area contributed by atoms with Crippen molar-refractivity contribution in [3.8, 4) is 0 Å². The first kappa shape index (κ1) is 11.9. The summed E-state index contributed by atoms with van der Waals surface area (Å²) in [5.74, 6) is 0. The summed E-state index contributed by atoms with van der Waals surface area (Å²) in [6.07, 6.45) is 7.26. The molecule has 0 N–H and O–H groups in total. The molecule has 0 atom stereocenters. The fourth-order valence-corrected chi connectivity index (χ4v) is 3.82. The first-order valence-corrected chi connectivity index (χ1v) is 7.72. The second-order valence-electron chi connectivity index (χ2n) is 4.80. The quantitative estimate of drug-likeness (QED) is 0.767.